The first-order chi connectivity index (χ1) is 4.79. The molecule has 0 saturated heterocycles. The van der Waals surface area contributed by atoms with E-state index in [0.29, 0.717) is 6.42 Å². The van der Waals surface area contributed by atoms with Crippen LogP contribution in [-0.4, -0.2) is 5.91 Å². The predicted molar refractivity (Wildman–Crippen MR) is 41.8 cm³/mol. The predicted octanol–water partition coefficient (Wildman–Crippen LogP) is 1.17. The largest absolute Gasteiger partial charge is 0.370 e. The minimum Gasteiger partial charge on any atom is -0.370 e. The van der Waals surface area contributed by atoms with E-state index >= 15 is 0 Å². The van der Waals surface area contributed by atoms with E-state index in [-0.39, 0.29) is 5.91 Å². The van der Waals surface area contributed by atoms with Crippen LogP contribution >= 0.6 is 11.3 Å². The van der Waals surface area contributed by atoms with E-state index in [4.69, 9.17) is 5.73 Å². The molecule has 0 atom stereocenters. The molecule has 0 fully saturated rings. The molecule has 0 spiro atoms. The Balaban J connectivity index is 2.35. The topological polar surface area (TPSA) is 43.1 Å². The molecule has 0 aliphatic heterocycles. The quantitative estimate of drug-likeness (QED) is 0.699. The van der Waals surface area contributed by atoms with Crippen molar-refractivity contribution in [2.24, 2.45) is 5.73 Å². The van der Waals surface area contributed by atoms with Gasteiger partial charge in [-0.2, -0.15) is 11.3 Å². The summed E-state index contributed by atoms with van der Waals surface area (Å²) in [7, 11) is 0. The molecule has 2 N–H and O–H groups in total. The van der Waals surface area contributed by atoms with E-state index in [9.17, 15) is 4.79 Å². The van der Waals surface area contributed by atoms with Gasteiger partial charge in [-0.3, -0.25) is 4.79 Å². The second-order valence-corrected chi connectivity index (χ2v) is 2.88. The molecule has 54 valence electrons. The second kappa shape index (κ2) is 3.37. The van der Waals surface area contributed by atoms with Crippen LogP contribution in [-0.2, 0) is 11.2 Å². The van der Waals surface area contributed by atoms with Gasteiger partial charge in [0.2, 0.25) is 5.91 Å². The third-order valence-corrected chi connectivity index (χ3v) is 1.97. The van der Waals surface area contributed by atoms with Gasteiger partial charge in [-0.25, -0.2) is 0 Å². The van der Waals surface area contributed by atoms with E-state index in [2.05, 4.69) is 0 Å². The van der Waals surface area contributed by atoms with Crippen LogP contribution in [0.15, 0.2) is 16.8 Å². The molecule has 1 heterocycles. The fourth-order valence-electron chi connectivity index (χ4n) is 0.702. The molecule has 1 aromatic rings. The number of thiophene rings is 1. The standard InChI is InChI=1S/C7H9NOS/c8-7(9)2-1-6-3-4-10-5-6/h3-5H,1-2H2,(H2,8,9). The molecule has 0 bridgehead atoms. The Morgan fingerprint density at radius 2 is 2.50 bits per heavy atom. The molecule has 10 heavy (non-hydrogen) atoms. The van der Waals surface area contributed by atoms with E-state index in [1.807, 2.05) is 16.8 Å². The van der Waals surface area contributed by atoms with Crippen molar-refractivity contribution in [1.82, 2.24) is 0 Å². The van der Waals surface area contributed by atoms with Crippen LogP contribution in [0.2, 0.25) is 0 Å². The van der Waals surface area contributed by atoms with Crippen LogP contribution in [0, 0.1) is 0 Å². The zero-order valence-corrected chi connectivity index (χ0v) is 6.36. The number of carbonyl (C=O) groups is 1. The van der Waals surface area contributed by atoms with Gasteiger partial charge in [0.1, 0.15) is 0 Å². The van der Waals surface area contributed by atoms with Crippen LogP contribution in [0.4, 0.5) is 0 Å². The summed E-state index contributed by atoms with van der Waals surface area (Å²) in [4.78, 5) is 10.3. The van der Waals surface area contributed by atoms with Crippen molar-refractivity contribution < 1.29 is 4.79 Å². The molecule has 1 rings (SSSR count). The summed E-state index contributed by atoms with van der Waals surface area (Å²) in [5.74, 6) is -0.230. The molecule has 1 amide bonds. The molecule has 3 heteroatoms. The van der Waals surface area contributed by atoms with E-state index < -0.39 is 0 Å². The third-order valence-electron chi connectivity index (χ3n) is 1.24. The van der Waals surface area contributed by atoms with Crippen LogP contribution in [0.1, 0.15) is 12.0 Å². The second-order valence-electron chi connectivity index (χ2n) is 2.10. The molecule has 0 unspecified atom stereocenters. The maximum absolute atomic E-state index is 10.3. The molecule has 0 aliphatic rings. The molecule has 0 aromatic carbocycles. The number of amides is 1. The van der Waals surface area contributed by atoms with Crippen molar-refractivity contribution in [3.05, 3.63) is 22.4 Å². The number of hydrogen-bond acceptors (Lipinski definition) is 2. The van der Waals surface area contributed by atoms with Gasteiger partial charge >= 0.3 is 0 Å². The highest BCUT2D eigenvalue weighted by Crippen LogP contribution is 2.07. The molecular formula is C7H9NOS. The Kier molecular flexibility index (Phi) is 2.45. The van der Waals surface area contributed by atoms with E-state index in [1.165, 1.54) is 5.56 Å². The first kappa shape index (κ1) is 7.28. The third kappa shape index (κ3) is 2.19. The van der Waals surface area contributed by atoms with E-state index in [1.54, 1.807) is 11.3 Å². The highest BCUT2D eigenvalue weighted by molar-refractivity contribution is 7.07. The fourth-order valence-corrected chi connectivity index (χ4v) is 1.41. The zero-order valence-electron chi connectivity index (χ0n) is 5.54. The summed E-state index contributed by atoms with van der Waals surface area (Å²) in [6, 6.07) is 2.01. The molecule has 1 aromatic heterocycles. The van der Waals surface area contributed by atoms with Crippen LogP contribution in [0.25, 0.3) is 0 Å². The summed E-state index contributed by atoms with van der Waals surface area (Å²) in [5, 5.41) is 4.03. The van der Waals surface area contributed by atoms with Gasteiger partial charge in [0.05, 0.1) is 0 Å². The van der Waals surface area contributed by atoms with Crippen molar-refractivity contribution in [2.75, 3.05) is 0 Å². The summed E-state index contributed by atoms with van der Waals surface area (Å²) < 4.78 is 0. The SMILES string of the molecule is NC(=O)CCc1ccsc1. The molecule has 2 nitrogen and oxygen atoms in total. The molecular weight excluding hydrogens is 146 g/mol. The average molecular weight is 155 g/mol. The number of primary amides is 1. The summed E-state index contributed by atoms with van der Waals surface area (Å²) in [6.45, 7) is 0. The molecule has 0 saturated carbocycles. The number of nitrogens with two attached hydrogens (primary N) is 1. The molecule has 0 radical (unpaired) electrons. The summed E-state index contributed by atoms with van der Waals surface area (Å²) in [5.41, 5.74) is 6.17. The van der Waals surface area contributed by atoms with E-state index in [0.717, 1.165) is 6.42 Å². The number of aryl methyl sites for hydroxylation is 1. The van der Waals surface area contributed by atoms with Gasteiger partial charge in [0.25, 0.3) is 0 Å². The van der Waals surface area contributed by atoms with Crippen molar-refractivity contribution in [3.63, 3.8) is 0 Å². The lowest BCUT2D eigenvalue weighted by atomic mass is 10.2. The first-order valence-corrected chi connectivity index (χ1v) is 4.02. The van der Waals surface area contributed by atoms with Crippen LogP contribution in [0.5, 0.6) is 0 Å². The minimum atomic E-state index is -0.230. The van der Waals surface area contributed by atoms with Gasteiger partial charge in [-0.1, -0.05) is 0 Å². The normalized spacial score (nSPS) is 9.60. The first-order valence-electron chi connectivity index (χ1n) is 3.08. The van der Waals surface area contributed by atoms with Crippen LogP contribution < -0.4 is 5.73 Å². The Labute approximate surface area is 63.7 Å². The van der Waals surface area contributed by atoms with Gasteiger partial charge in [-0.05, 0) is 28.8 Å². The highest BCUT2D eigenvalue weighted by atomic mass is 32.1. The zero-order chi connectivity index (χ0) is 7.40. The molecule has 0 aliphatic carbocycles. The summed E-state index contributed by atoms with van der Waals surface area (Å²) in [6.07, 6.45) is 1.23. The maximum atomic E-state index is 10.3. The lowest BCUT2D eigenvalue weighted by Gasteiger charge is -1.90. The van der Waals surface area contributed by atoms with Crippen molar-refractivity contribution in [2.45, 2.75) is 12.8 Å². The summed E-state index contributed by atoms with van der Waals surface area (Å²) >= 11 is 1.64. The fraction of sp³-hybridized carbons (Fsp3) is 0.286. The maximum Gasteiger partial charge on any atom is 0.217 e. The van der Waals surface area contributed by atoms with Gasteiger partial charge in [-0.15, -0.1) is 0 Å². The van der Waals surface area contributed by atoms with Crippen molar-refractivity contribution in [3.8, 4) is 0 Å². The monoisotopic (exact) mass is 155 g/mol. The highest BCUT2D eigenvalue weighted by Gasteiger charge is 1.95. The Morgan fingerprint density at radius 3 is 3.00 bits per heavy atom. The smallest absolute Gasteiger partial charge is 0.217 e. The number of carbonyl (C=O) groups excluding carboxylic acids is 1. The number of rotatable bonds is 3. The lowest BCUT2D eigenvalue weighted by molar-refractivity contribution is -0.117. The lowest BCUT2D eigenvalue weighted by Crippen LogP contribution is -2.10. The van der Waals surface area contributed by atoms with Gasteiger partial charge < -0.3 is 5.73 Å². The minimum absolute atomic E-state index is 0.230. The Hall–Kier alpha value is -0.830. The van der Waals surface area contributed by atoms with Crippen LogP contribution in [0.3, 0.4) is 0 Å². The Bertz CT molecular complexity index is 205. The van der Waals surface area contributed by atoms with Crippen molar-refractivity contribution >= 4 is 17.2 Å². The Morgan fingerprint density at radius 1 is 1.70 bits per heavy atom. The van der Waals surface area contributed by atoms with Gasteiger partial charge in [0.15, 0.2) is 0 Å². The number of hydrogen-bond donors (Lipinski definition) is 1. The van der Waals surface area contributed by atoms with Gasteiger partial charge in [0, 0.05) is 6.42 Å². The average Bonchev–Trinajstić information content (AvgIpc) is 2.34. The van der Waals surface area contributed by atoms with Crippen molar-refractivity contribution in [1.29, 1.82) is 0 Å².